The van der Waals surface area contributed by atoms with E-state index >= 15 is 0 Å². The van der Waals surface area contributed by atoms with Crippen LogP contribution in [0.25, 0.3) is 0 Å². The van der Waals surface area contributed by atoms with E-state index in [1.807, 2.05) is 31.2 Å². The van der Waals surface area contributed by atoms with Crippen molar-refractivity contribution in [3.63, 3.8) is 0 Å². The zero-order valence-electron chi connectivity index (χ0n) is 13.0. The molecule has 0 radical (unpaired) electrons. The maximum absolute atomic E-state index is 12.2. The predicted molar refractivity (Wildman–Crippen MR) is 81.7 cm³/mol. The average molecular weight is 303 g/mol. The lowest BCUT2D eigenvalue weighted by Crippen LogP contribution is -2.28. The van der Waals surface area contributed by atoms with Crippen molar-refractivity contribution in [2.45, 2.75) is 32.3 Å². The monoisotopic (exact) mass is 303 g/mol. The Morgan fingerprint density at radius 1 is 1.27 bits per heavy atom. The van der Waals surface area contributed by atoms with Gasteiger partial charge in [-0.05, 0) is 49.9 Å². The lowest BCUT2D eigenvalue weighted by molar-refractivity contribution is -0.153. The lowest BCUT2D eigenvalue weighted by atomic mass is 10.1. The summed E-state index contributed by atoms with van der Waals surface area (Å²) in [5, 5.41) is 0. The molecule has 1 aromatic carbocycles. The Bertz CT molecular complexity index is 565. The summed E-state index contributed by atoms with van der Waals surface area (Å²) in [7, 11) is 1.60. The van der Waals surface area contributed by atoms with E-state index < -0.39 is 0 Å². The van der Waals surface area contributed by atoms with Crippen LogP contribution in [0.5, 0.6) is 5.75 Å². The molecule has 3 rings (SSSR count). The van der Waals surface area contributed by atoms with E-state index in [4.69, 9.17) is 9.47 Å². The predicted octanol–water partition coefficient (Wildman–Crippen LogP) is 2.39. The van der Waals surface area contributed by atoms with Crippen molar-refractivity contribution in [2.75, 3.05) is 18.6 Å². The van der Waals surface area contributed by atoms with Crippen LogP contribution >= 0.6 is 0 Å². The molecule has 118 valence electrons. The lowest BCUT2D eigenvalue weighted by Gasteiger charge is -2.18. The molecule has 1 aliphatic carbocycles. The summed E-state index contributed by atoms with van der Waals surface area (Å²) in [6.45, 7) is 2.33. The van der Waals surface area contributed by atoms with Crippen molar-refractivity contribution in [3.8, 4) is 5.75 Å². The third-order valence-corrected chi connectivity index (χ3v) is 4.43. The van der Waals surface area contributed by atoms with E-state index in [0.29, 0.717) is 12.5 Å². The first-order chi connectivity index (χ1) is 10.6. The number of carbonyl (C=O) groups is 2. The Hall–Kier alpha value is -2.04. The molecule has 0 spiro atoms. The van der Waals surface area contributed by atoms with E-state index in [0.717, 1.165) is 24.3 Å². The van der Waals surface area contributed by atoms with Gasteiger partial charge >= 0.3 is 5.97 Å². The summed E-state index contributed by atoms with van der Waals surface area (Å²) in [5.41, 5.74) is 0.788. The molecule has 1 aromatic rings. The zero-order chi connectivity index (χ0) is 15.7. The summed E-state index contributed by atoms with van der Waals surface area (Å²) < 4.78 is 10.6. The Balaban J connectivity index is 1.62. The van der Waals surface area contributed by atoms with Gasteiger partial charge in [-0.15, -0.1) is 0 Å². The van der Waals surface area contributed by atoms with E-state index in [-0.39, 0.29) is 30.3 Å². The largest absolute Gasteiger partial charge is 0.497 e. The molecule has 1 saturated carbocycles. The Morgan fingerprint density at radius 3 is 2.55 bits per heavy atom. The van der Waals surface area contributed by atoms with Crippen LogP contribution in [0, 0.1) is 11.8 Å². The van der Waals surface area contributed by atoms with E-state index in [2.05, 4.69) is 0 Å². The molecule has 0 N–H and O–H groups in total. The highest BCUT2D eigenvalue weighted by molar-refractivity contribution is 5.99. The molecule has 1 heterocycles. The molecule has 1 aliphatic heterocycles. The maximum Gasteiger partial charge on any atom is 0.311 e. The number of amides is 1. The first kappa shape index (κ1) is 14.9. The van der Waals surface area contributed by atoms with Crippen LogP contribution in [0.1, 0.15) is 26.2 Å². The van der Waals surface area contributed by atoms with Crippen molar-refractivity contribution < 1.29 is 19.1 Å². The summed E-state index contributed by atoms with van der Waals surface area (Å²) in [6, 6.07) is 7.28. The van der Waals surface area contributed by atoms with Gasteiger partial charge in [-0.3, -0.25) is 9.59 Å². The zero-order valence-corrected chi connectivity index (χ0v) is 13.0. The van der Waals surface area contributed by atoms with Crippen LogP contribution in [0.2, 0.25) is 0 Å². The molecule has 2 atom stereocenters. The minimum Gasteiger partial charge on any atom is -0.497 e. The molecule has 2 aliphatic rings. The van der Waals surface area contributed by atoms with Gasteiger partial charge in [0.25, 0.3) is 0 Å². The highest BCUT2D eigenvalue weighted by Crippen LogP contribution is 2.35. The van der Waals surface area contributed by atoms with E-state index in [1.165, 1.54) is 0 Å². The van der Waals surface area contributed by atoms with Crippen molar-refractivity contribution in [1.82, 2.24) is 0 Å². The normalized spacial score (nSPS) is 22.5. The van der Waals surface area contributed by atoms with Crippen molar-refractivity contribution >= 4 is 17.6 Å². The number of carbonyl (C=O) groups excluding carboxylic acids is 2. The highest BCUT2D eigenvalue weighted by atomic mass is 16.5. The van der Waals surface area contributed by atoms with Crippen molar-refractivity contribution in [2.24, 2.45) is 11.8 Å². The fourth-order valence-corrected chi connectivity index (χ4v) is 2.82. The van der Waals surface area contributed by atoms with Crippen LogP contribution in [-0.2, 0) is 14.3 Å². The molecule has 22 heavy (non-hydrogen) atoms. The molecule has 2 fully saturated rings. The van der Waals surface area contributed by atoms with Gasteiger partial charge in [0.15, 0.2) is 0 Å². The number of nitrogens with zero attached hydrogens (tertiary/aromatic N) is 1. The van der Waals surface area contributed by atoms with Gasteiger partial charge < -0.3 is 14.4 Å². The fraction of sp³-hybridized carbons (Fsp3) is 0.529. The quantitative estimate of drug-likeness (QED) is 0.784. The summed E-state index contributed by atoms with van der Waals surface area (Å²) in [4.78, 5) is 26.0. The molecule has 0 aromatic heterocycles. The maximum atomic E-state index is 12.2. The smallest absolute Gasteiger partial charge is 0.311 e. The first-order valence-corrected chi connectivity index (χ1v) is 7.73. The topological polar surface area (TPSA) is 55.8 Å². The number of esters is 1. The Kier molecular flexibility index (Phi) is 4.05. The second kappa shape index (κ2) is 5.99. The molecule has 5 nitrogen and oxygen atoms in total. The van der Waals surface area contributed by atoms with Gasteiger partial charge in [-0.25, -0.2) is 0 Å². The molecule has 1 amide bonds. The van der Waals surface area contributed by atoms with Gasteiger partial charge in [-0.2, -0.15) is 0 Å². The SMILES string of the molecule is COc1ccc(N2CC(C(=O)OC(C)C3CC3)CC2=O)cc1. The van der Waals surface area contributed by atoms with Gasteiger partial charge in [-0.1, -0.05) is 0 Å². The summed E-state index contributed by atoms with van der Waals surface area (Å²) in [6.07, 6.45) is 2.46. The number of hydrogen-bond donors (Lipinski definition) is 0. The van der Waals surface area contributed by atoms with Gasteiger partial charge in [0.1, 0.15) is 11.9 Å². The molecular formula is C17H21NO4. The third kappa shape index (κ3) is 3.08. The molecule has 2 unspecified atom stereocenters. The van der Waals surface area contributed by atoms with Crippen molar-refractivity contribution in [1.29, 1.82) is 0 Å². The molecule has 1 saturated heterocycles. The number of ether oxygens (including phenoxy) is 2. The highest BCUT2D eigenvalue weighted by Gasteiger charge is 2.38. The van der Waals surface area contributed by atoms with E-state index in [1.54, 1.807) is 12.0 Å². The first-order valence-electron chi connectivity index (χ1n) is 7.73. The van der Waals surface area contributed by atoms with Crippen LogP contribution < -0.4 is 9.64 Å². The number of methoxy groups -OCH3 is 1. The molecular weight excluding hydrogens is 282 g/mol. The Labute approximate surface area is 130 Å². The number of rotatable bonds is 5. The summed E-state index contributed by atoms with van der Waals surface area (Å²) >= 11 is 0. The summed E-state index contributed by atoms with van der Waals surface area (Å²) in [5.74, 6) is 0.606. The number of benzene rings is 1. The van der Waals surface area contributed by atoms with Crippen molar-refractivity contribution in [3.05, 3.63) is 24.3 Å². The minimum atomic E-state index is -0.365. The van der Waals surface area contributed by atoms with Crippen LogP contribution in [0.4, 0.5) is 5.69 Å². The van der Waals surface area contributed by atoms with Crippen LogP contribution in [-0.4, -0.2) is 31.6 Å². The van der Waals surface area contributed by atoms with Gasteiger partial charge in [0, 0.05) is 18.7 Å². The second-order valence-electron chi connectivity index (χ2n) is 6.08. The van der Waals surface area contributed by atoms with Crippen LogP contribution in [0.15, 0.2) is 24.3 Å². The number of hydrogen-bond acceptors (Lipinski definition) is 4. The number of anilines is 1. The Morgan fingerprint density at radius 2 is 1.95 bits per heavy atom. The molecule has 0 bridgehead atoms. The second-order valence-corrected chi connectivity index (χ2v) is 6.08. The fourth-order valence-electron chi connectivity index (χ4n) is 2.82. The van der Waals surface area contributed by atoms with Crippen LogP contribution in [0.3, 0.4) is 0 Å². The van der Waals surface area contributed by atoms with Gasteiger partial charge in [0.05, 0.1) is 13.0 Å². The standard InChI is InChI=1S/C17H21NO4/c1-11(12-3-4-12)22-17(20)13-9-16(19)18(10-13)14-5-7-15(21-2)8-6-14/h5-8,11-13H,3-4,9-10H2,1-2H3. The van der Waals surface area contributed by atoms with Gasteiger partial charge in [0.2, 0.25) is 5.91 Å². The minimum absolute atomic E-state index is 0.0300. The van der Waals surface area contributed by atoms with E-state index in [9.17, 15) is 9.59 Å². The third-order valence-electron chi connectivity index (χ3n) is 4.43. The molecule has 5 heteroatoms. The average Bonchev–Trinajstić information content (AvgIpc) is 3.30.